The Morgan fingerprint density at radius 2 is 2.08 bits per heavy atom. The molecule has 7 nitrogen and oxygen atoms in total. The Balaban J connectivity index is 1.34. The Kier molecular flexibility index (Phi) is 4.57. The number of rotatable bonds is 6. The quantitative estimate of drug-likeness (QED) is 0.486. The molecule has 1 aromatic carbocycles. The smallest absolute Gasteiger partial charge is 0.338 e. The maximum atomic E-state index is 12.2. The number of ether oxygens (including phenoxy) is 1. The Morgan fingerprint density at radius 3 is 2.81 bits per heavy atom. The highest BCUT2D eigenvalue weighted by Gasteiger charge is 2.13. The second-order valence-electron chi connectivity index (χ2n) is 5.47. The lowest BCUT2D eigenvalue weighted by molar-refractivity contribution is 0.0459. The monoisotopic (exact) mass is 366 g/mol. The molecule has 0 aliphatic rings. The van der Waals surface area contributed by atoms with Crippen molar-refractivity contribution in [2.45, 2.75) is 13.2 Å². The van der Waals surface area contributed by atoms with Gasteiger partial charge >= 0.3 is 5.97 Å². The third-order valence-electron chi connectivity index (χ3n) is 3.63. The lowest BCUT2D eigenvalue weighted by atomic mass is 10.1. The minimum absolute atomic E-state index is 0.0389. The van der Waals surface area contributed by atoms with E-state index in [1.54, 1.807) is 18.3 Å². The van der Waals surface area contributed by atoms with Gasteiger partial charge in [0.1, 0.15) is 0 Å². The second-order valence-corrected chi connectivity index (χ2v) is 6.42. The summed E-state index contributed by atoms with van der Waals surface area (Å²) in [5, 5.41) is 9.91. The SMILES string of the molecule is O=C(OCc1noc(-c2cccs2)n1)c1ccc(Cn2cccn2)cc1. The van der Waals surface area contributed by atoms with E-state index in [0.29, 0.717) is 23.8 Å². The van der Waals surface area contributed by atoms with Crippen LogP contribution >= 0.6 is 11.3 Å². The molecule has 0 aliphatic carbocycles. The fourth-order valence-electron chi connectivity index (χ4n) is 2.35. The van der Waals surface area contributed by atoms with Crippen molar-refractivity contribution in [2.24, 2.45) is 0 Å². The van der Waals surface area contributed by atoms with E-state index in [0.717, 1.165) is 10.4 Å². The number of carbonyl (C=O) groups excluding carboxylic acids is 1. The molecule has 0 N–H and O–H groups in total. The van der Waals surface area contributed by atoms with Crippen molar-refractivity contribution in [3.63, 3.8) is 0 Å². The molecule has 0 bridgehead atoms. The molecule has 26 heavy (non-hydrogen) atoms. The zero-order chi connectivity index (χ0) is 17.8. The van der Waals surface area contributed by atoms with E-state index in [4.69, 9.17) is 9.26 Å². The molecule has 0 saturated heterocycles. The zero-order valence-electron chi connectivity index (χ0n) is 13.6. The summed E-state index contributed by atoms with van der Waals surface area (Å²) in [5.41, 5.74) is 1.51. The van der Waals surface area contributed by atoms with Crippen LogP contribution in [0.5, 0.6) is 0 Å². The molecule has 4 rings (SSSR count). The van der Waals surface area contributed by atoms with E-state index in [9.17, 15) is 4.79 Å². The zero-order valence-corrected chi connectivity index (χ0v) is 14.4. The molecule has 0 spiro atoms. The topological polar surface area (TPSA) is 83.0 Å². The normalized spacial score (nSPS) is 10.8. The predicted molar refractivity (Wildman–Crippen MR) is 94.5 cm³/mol. The van der Waals surface area contributed by atoms with Crippen molar-refractivity contribution in [2.75, 3.05) is 0 Å². The van der Waals surface area contributed by atoms with Crippen molar-refractivity contribution in [1.82, 2.24) is 19.9 Å². The Morgan fingerprint density at radius 1 is 1.19 bits per heavy atom. The number of hydrogen-bond donors (Lipinski definition) is 0. The van der Waals surface area contributed by atoms with Gasteiger partial charge in [-0.1, -0.05) is 23.4 Å². The largest absolute Gasteiger partial charge is 0.454 e. The van der Waals surface area contributed by atoms with Crippen molar-refractivity contribution < 1.29 is 14.1 Å². The summed E-state index contributed by atoms with van der Waals surface area (Å²) >= 11 is 1.50. The molecule has 0 aliphatic heterocycles. The van der Waals surface area contributed by atoms with Gasteiger partial charge < -0.3 is 9.26 Å². The van der Waals surface area contributed by atoms with Gasteiger partial charge in [-0.15, -0.1) is 11.3 Å². The summed E-state index contributed by atoms with van der Waals surface area (Å²) in [6, 6.07) is 12.9. The van der Waals surface area contributed by atoms with Gasteiger partial charge in [-0.25, -0.2) is 4.79 Å². The van der Waals surface area contributed by atoms with E-state index in [1.807, 2.05) is 46.6 Å². The summed E-state index contributed by atoms with van der Waals surface area (Å²) < 4.78 is 12.2. The van der Waals surface area contributed by atoms with Crippen molar-refractivity contribution in [3.05, 3.63) is 77.2 Å². The van der Waals surface area contributed by atoms with Gasteiger partial charge in [0.05, 0.1) is 17.0 Å². The summed E-state index contributed by atoms with van der Waals surface area (Å²) in [7, 11) is 0. The predicted octanol–water partition coefficient (Wildman–Crippen LogP) is 3.40. The van der Waals surface area contributed by atoms with Crippen LogP contribution in [0.2, 0.25) is 0 Å². The average Bonchev–Trinajstić information content (AvgIpc) is 3.41. The number of esters is 1. The molecule has 8 heteroatoms. The Bertz CT molecular complexity index is 976. The Labute approximate surface area is 152 Å². The van der Waals surface area contributed by atoms with Crippen LogP contribution in [0.4, 0.5) is 0 Å². The van der Waals surface area contributed by atoms with Gasteiger partial charge in [-0.05, 0) is 35.2 Å². The molecule has 0 unspecified atom stereocenters. The van der Waals surface area contributed by atoms with Crippen LogP contribution in [-0.4, -0.2) is 25.9 Å². The van der Waals surface area contributed by atoms with Gasteiger partial charge in [0.15, 0.2) is 6.61 Å². The highest BCUT2D eigenvalue weighted by atomic mass is 32.1. The van der Waals surface area contributed by atoms with E-state index >= 15 is 0 Å². The number of thiophene rings is 1. The van der Waals surface area contributed by atoms with Crippen LogP contribution in [0, 0.1) is 0 Å². The van der Waals surface area contributed by atoms with Gasteiger partial charge in [-0.2, -0.15) is 10.1 Å². The van der Waals surface area contributed by atoms with Gasteiger partial charge in [0.2, 0.25) is 5.82 Å². The first kappa shape index (κ1) is 16.2. The van der Waals surface area contributed by atoms with Gasteiger partial charge in [0, 0.05) is 12.4 Å². The van der Waals surface area contributed by atoms with Gasteiger partial charge in [0.25, 0.3) is 5.89 Å². The molecule has 0 fully saturated rings. The van der Waals surface area contributed by atoms with E-state index < -0.39 is 5.97 Å². The van der Waals surface area contributed by atoms with E-state index in [1.165, 1.54) is 11.3 Å². The fourth-order valence-corrected chi connectivity index (χ4v) is 3.00. The van der Waals surface area contributed by atoms with Crippen LogP contribution in [0.25, 0.3) is 10.8 Å². The minimum Gasteiger partial charge on any atom is -0.454 e. The lowest BCUT2D eigenvalue weighted by Crippen LogP contribution is -2.07. The van der Waals surface area contributed by atoms with Crippen molar-refractivity contribution in [1.29, 1.82) is 0 Å². The molecule has 0 amide bonds. The molecule has 3 aromatic heterocycles. The maximum Gasteiger partial charge on any atom is 0.338 e. The standard InChI is InChI=1S/C18H14N4O3S/c23-18(14-6-4-13(5-7-14)11-22-9-2-8-19-22)24-12-16-20-17(25-21-16)15-3-1-10-26-15/h1-10H,11-12H2. The highest BCUT2D eigenvalue weighted by Crippen LogP contribution is 2.22. The van der Waals surface area contributed by atoms with E-state index in [-0.39, 0.29) is 6.61 Å². The lowest BCUT2D eigenvalue weighted by Gasteiger charge is -2.05. The summed E-state index contributed by atoms with van der Waals surface area (Å²) in [4.78, 5) is 17.3. The summed E-state index contributed by atoms with van der Waals surface area (Å²) in [6.45, 7) is 0.611. The van der Waals surface area contributed by atoms with Gasteiger partial charge in [-0.3, -0.25) is 4.68 Å². The molecule has 0 saturated carbocycles. The third-order valence-corrected chi connectivity index (χ3v) is 4.48. The number of benzene rings is 1. The highest BCUT2D eigenvalue weighted by molar-refractivity contribution is 7.13. The maximum absolute atomic E-state index is 12.2. The van der Waals surface area contributed by atoms with E-state index in [2.05, 4.69) is 15.2 Å². The van der Waals surface area contributed by atoms with Crippen molar-refractivity contribution in [3.8, 4) is 10.8 Å². The van der Waals surface area contributed by atoms with Crippen LogP contribution in [0.15, 0.2) is 64.8 Å². The minimum atomic E-state index is -0.432. The molecular weight excluding hydrogens is 352 g/mol. The number of nitrogens with zero attached hydrogens (tertiary/aromatic N) is 4. The van der Waals surface area contributed by atoms with Crippen molar-refractivity contribution >= 4 is 17.3 Å². The molecule has 4 aromatic rings. The first-order chi connectivity index (χ1) is 12.8. The second kappa shape index (κ2) is 7.32. The molecule has 0 atom stereocenters. The fraction of sp³-hybridized carbons (Fsp3) is 0.111. The number of carbonyl (C=O) groups is 1. The first-order valence-electron chi connectivity index (χ1n) is 7.88. The first-order valence-corrected chi connectivity index (χ1v) is 8.76. The molecule has 3 heterocycles. The van der Waals surface area contributed by atoms with Crippen LogP contribution in [0.3, 0.4) is 0 Å². The third kappa shape index (κ3) is 3.70. The number of hydrogen-bond acceptors (Lipinski definition) is 7. The number of aromatic nitrogens is 4. The Hall–Kier alpha value is -3.26. The molecule has 130 valence electrons. The van der Waals surface area contributed by atoms with Crippen LogP contribution < -0.4 is 0 Å². The van der Waals surface area contributed by atoms with Crippen LogP contribution in [-0.2, 0) is 17.9 Å². The van der Waals surface area contributed by atoms with Crippen LogP contribution in [0.1, 0.15) is 21.7 Å². The average molecular weight is 366 g/mol. The molecule has 0 radical (unpaired) electrons. The summed E-state index contributed by atoms with van der Waals surface area (Å²) in [6.07, 6.45) is 3.62. The molecular formula is C18H14N4O3S. The summed E-state index contributed by atoms with van der Waals surface area (Å²) in [5.74, 6) is 0.323.